The first-order valence-electron chi connectivity index (χ1n) is 8.70. The van der Waals surface area contributed by atoms with Crippen LogP contribution in [-0.4, -0.2) is 34.1 Å². The van der Waals surface area contributed by atoms with Crippen molar-refractivity contribution in [3.63, 3.8) is 0 Å². The Morgan fingerprint density at radius 1 is 0.900 bits per heavy atom. The highest BCUT2D eigenvalue weighted by atomic mass is 32.2. The smallest absolute Gasteiger partial charge is 0.263 e. The Labute approximate surface area is 179 Å². The van der Waals surface area contributed by atoms with Gasteiger partial charge in [-0.1, -0.05) is 29.0 Å². The van der Waals surface area contributed by atoms with Gasteiger partial charge in [-0.15, -0.1) is 10.2 Å². The molecule has 2 N–H and O–H groups in total. The minimum atomic E-state index is -3.87. The molecule has 0 aliphatic rings. The van der Waals surface area contributed by atoms with Gasteiger partial charge in [0.05, 0.1) is 22.9 Å². The molecule has 1 aromatic heterocycles. The number of nitrogens with one attached hydrogen (secondary N) is 2. The lowest BCUT2D eigenvalue weighted by Gasteiger charge is -2.11. The van der Waals surface area contributed by atoms with E-state index in [1.165, 1.54) is 43.5 Å². The number of nitrogens with zero attached hydrogens (tertiary/aromatic N) is 2. The molecule has 12 heteroatoms. The number of hydrogen-bond acceptors (Lipinski definition) is 8. The summed E-state index contributed by atoms with van der Waals surface area (Å²) in [5.74, 6) is 0.529. The molecule has 0 fully saturated rings. The molecule has 1 atom stereocenters. The van der Waals surface area contributed by atoms with Crippen LogP contribution in [0.1, 0.15) is 23.5 Å². The number of hydrogen-bond donors (Lipinski definition) is 2. The van der Waals surface area contributed by atoms with Crippen LogP contribution in [0.4, 0.5) is 5.13 Å². The monoisotopic (exact) mass is 468 g/mol. The quantitative estimate of drug-likeness (QED) is 0.520. The first-order valence-corrected chi connectivity index (χ1v) is 12.5. The van der Waals surface area contributed by atoms with Crippen LogP contribution in [0.15, 0.2) is 58.3 Å². The van der Waals surface area contributed by atoms with Crippen molar-refractivity contribution in [1.29, 1.82) is 0 Å². The summed E-state index contributed by atoms with van der Waals surface area (Å²) < 4.78 is 59.9. The molecule has 0 spiro atoms. The molecular weight excluding hydrogens is 448 g/mol. The average Bonchev–Trinajstić information content (AvgIpc) is 3.16. The van der Waals surface area contributed by atoms with E-state index in [1.54, 1.807) is 19.1 Å². The zero-order valence-corrected chi connectivity index (χ0v) is 18.8. The summed E-state index contributed by atoms with van der Waals surface area (Å²) in [5, 5.41) is 8.07. The second-order valence-electron chi connectivity index (χ2n) is 6.38. The molecule has 0 bridgehead atoms. The fourth-order valence-electron chi connectivity index (χ4n) is 2.45. The summed E-state index contributed by atoms with van der Waals surface area (Å²) in [7, 11) is -6.15. The molecule has 3 aromatic rings. The van der Waals surface area contributed by atoms with Gasteiger partial charge in [-0.25, -0.2) is 21.6 Å². The van der Waals surface area contributed by atoms with E-state index in [-0.39, 0.29) is 14.9 Å². The molecule has 0 aliphatic carbocycles. The Morgan fingerprint density at radius 3 is 2.07 bits per heavy atom. The number of methoxy groups -OCH3 is 1. The minimum absolute atomic E-state index is 0.0298. The van der Waals surface area contributed by atoms with Crippen molar-refractivity contribution < 1.29 is 21.6 Å². The Bertz CT molecular complexity index is 1220. The van der Waals surface area contributed by atoms with Crippen molar-refractivity contribution in [2.45, 2.75) is 29.7 Å². The fraction of sp³-hybridized carbons (Fsp3) is 0.222. The number of sulfonamides is 2. The van der Waals surface area contributed by atoms with Crippen LogP contribution in [0.2, 0.25) is 0 Å². The number of benzene rings is 2. The van der Waals surface area contributed by atoms with E-state index < -0.39 is 26.1 Å². The van der Waals surface area contributed by atoms with Gasteiger partial charge in [0.15, 0.2) is 0 Å². The van der Waals surface area contributed by atoms with Gasteiger partial charge >= 0.3 is 0 Å². The first kappa shape index (κ1) is 22.2. The summed E-state index contributed by atoms with van der Waals surface area (Å²) in [4.78, 5) is 0.165. The van der Waals surface area contributed by atoms with Crippen LogP contribution in [-0.2, 0) is 20.0 Å². The highest BCUT2D eigenvalue weighted by molar-refractivity contribution is 7.93. The van der Waals surface area contributed by atoms with Gasteiger partial charge in [-0.2, -0.15) is 0 Å². The number of aryl methyl sites for hydroxylation is 1. The maximum Gasteiger partial charge on any atom is 0.263 e. The van der Waals surface area contributed by atoms with Gasteiger partial charge in [0.25, 0.3) is 10.0 Å². The van der Waals surface area contributed by atoms with E-state index in [1.807, 2.05) is 6.92 Å². The van der Waals surface area contributed by atoms with Crippen molar-refractivity contribution in [3.05, 3.63) is 59.1 Å². The van der Waals surface area contributed by atoms with Crippen LogP contribution >= 0.6 is 11.3 Å². The Kier molecular flexibility index (Phi) is 6.41. The summed E-state index contributed by atoms with van der Waals surface area (Å²) in [6, 6.07) is 11.6. The van der Waals surface area contributed by atoms with Crippen molar-refractivity contribution in [2.75, 3.05) is 11.8 Å². The van der Waals surface area contributed by atoms with Gasteiger partial charge in [0.1, 0.15) is 10.8 Å². The Balaban J connectivity index is 1.72. The first-order chi connectivity index (χ1) is 14.1. The summed E-state index contributed by atoms with van der Waals surface area (Å²) >= 11 is 0.944. The second-order valence-corrected chi connectivity index (χ2v) is 10.8. The zero-order valence-electron chi connectivity index (χ0n) is 16.4. The number of rotatable bonds is 8. The van der Waals surface area contributed by atoms with E-state index in [0.29, 0.717) is 10.8 Å². The molecular formula is C18H20N4O5S3. The molecule has 2 aromatic carbocycles. The number of anilines is 1. The molecule has 160 valence electrons. The molecule has 1 unspecified atom stereocenters. The normalized spacial score (nSPS) is 13.0. The highest BCUT2D eigenvalue weighted by Crippen LogP contribution is 2.26. The second kappa shape index (κ2) is 8.68. The van der Waals surface area contributed by atoms with Gasteiger partial charge in [-0.3, -0.25) is 4.72 Å². The van der Waals surface area contributed by atoms with Crippen LogP contribution in [0.5, 0.6) is 5.75 Å². The van der Waals surface area contributed by atoms with Crippen LogP contribution in [0.3, 0.4) is 0 Å². The maximum absolute atomic E-state index is 12.5. The molecule has 0 saturated carbocycles. The topological polar surface area (TPSA) is 127 Å². The molecule has 9 nitrogen and oxygen atoms in total. The van der Waals surface area contributed by atoms with E-state index in [4.69, 9.17) is 4.74 Å². The minimum Gasteiger partial charge on any atom is -0.497 e. The van der Waals surface area contributed by atoms with E-state index in [9.17, 15) is 16.8 Å². The molecule has 3 rings (SSSR count). The highest BCUT2D eigenvalue weighted by Gasteiger charge is 2.23. The number of ether oxygens (including phenoxy) is 1. The standard InChI is InChI=1S/C18H20N4O5S3/c1-12-4-8-15(9-5-12)29(23,24)21-13(2)17-19-20-18(28-17)22-30(25,26)16-10-6-14(27-3)7-11-16/h4-11,13,21H,1-3H3,(H,20,22). The summed E-state index contributed by atoms with van der Waals surface area (Å²) in [6.07, 6.45) is 0. The molecule has 30 heavy (non-hydrogen) atoms. The lowest BCUT2D eigenvalue weighted by Crippen LogP contribution is -2.26. The SMILES string of the molecule is COc1ccc(S(=O)(=O)Nc2nnc(C(C)NS(=O)(=O)c3ccc(C)cc3)s2)cc1. The van der Waals surface area contributed by atoms with Crippen molar-refractivity contribution >= 4 is 36.5 Å². The van der Waals surface area contributed by atoms with E-state index in [0.717, 1.165) is 16.9 Å². The molecule has 0 radical (unpaired) electrons. The lowest BCUT2D eigenvalue weighted by molar-refractivity contribution is 0.414. The molecule has 0 saturated heterocycles. The lowest BCUT2D eigenvalue weighted by atomic mass is 10.2. The van der Waals surface area contributed by atoms with E-state index in [2.05, 4.69) is 19.6 Å². The Morgan fingerprint density at radius 2 is 1.47 bits per heavy atom. The van der Waals surface area contributed by atoms with Crippen molar-refractivity contribution in [3.8, 4) is 5.75 Å². The fourth-order valence-corrected chi connectivity index (χ4v) is 5.71. The van der Waals surface area contributed by atoms with Crippen LogP contribution in [0.25, 0.3) is 0 Å². The van der Waals surface area contributed by atoms with Crippen molar-refractivity contribution in [1.82, 2.24) is 14.9 Å². The average molecular weight is 469 g/mol. The molecule has 0 amide bonds. The summed E-state index contributed by atoms with van der Waals surface area (Å²) in [5.41, 5.74) is 0.944. The molecule has 1 heterocycles. The molecule has 0 aliphatic heterocycles. The maximum atomic E-state index is 12.5. The van der Waals surface area contributed by atoms with Crippen molar-refractivity contribution in [2.24, 2.45) is 0 Å². The van der Waals surface area contributed by atoms with Gasteiger partial charge in [0, 0.05) is 0 Å². The third-order valence-electron chi connectivity index (χ3n) is 4.07. The van der Waals surface area contributed by atoms with Gasteiger partial charge in [-0.05, 0) is 50.2 Å². The number of aromatic nitrogens is 2. The Hall–Kier alpha value is -2.54. The van der Waals surface area contributed by atoms with Crippen LogP contribution < -0.4 is 14.2 Å². The van der Waals surface area contributed by atoms with E-state index >= 15 is 0 Å². The van der Waals surface area contributed by atoms with Gasteiger partial charge in [0.2, 0.25) is 15.2 Å². The third kappa shape index (κ3) is 5.14. The van der Waals surface area contributed by atoms with Gasteiger partial charge < -0.3 is 4.74 Å². The summed E-state index contributed by atoms with van der Waals surface area (Å²) in [6.45, 7) is 3.47. The largest absolute Gasteiger partial charge is 0.497 e. The predicted molar refractivity (Wildman–Crippen MR) is 114 cm³/mol. The third-order valence-corrected chi connectivity index (χ3v) is 8.13. The predicted octanol–water partition coefficient (Wildman–Crippen LogP) is 2.70. The van der Waals surface area contributed by atoms with Crippen LogP contribution in [0, 0.1) is 6.92 Å². The zero-order chi connectivity index (χ0) is 21.9.